The van der Waals surface area contributed by atoms with Gasteiger partial charge in [0.15, 0.2) is 0 Å². The van der Waals surface area contributed by atoms with E-state index in [0.717, 1.165) is 24.3 Å². The summed E-state index contributed by atoms with van der Waals surface area (Å²) in [6.07, 6.45) is 1.99. The molecule has 0 aliphatic carbocycles. The third kappa shape index (κ3) is 2.95. The van der Waals surface area contributed by atoms with Crippen molar-refractivity contribution in [1.82, 2.24) is 0 Å². The van der Waals surface area contributed by atoms with Crippen LogP contribution in [0.4, 0.5) is 0 Å². The van der Waals surface area contributed by atoms with Crippen LogP contribution in [0.1, 0.15) is 19.8 Å². The molecular formula is C12H17O2. The lowest BCUT2D eigenvalue weighted by Gasteiger charge is -2.15. The van der Waals surface area contributed by atoms with Gasteiger partial charge in [-0.25, -0.2) is 0 Å². The normalized spacial score (nSPS) is 10.3. The lowest BCUT2D eigenvalue weighted by Crippen LogP contribution is -2.13. The van der Waals surface area contributed by atoms with E-state index in [2.05, 4.69) is 13.8 Å². The first-order valence-corrected chi connectivity index (χ1v) is 4.90. The van der Waals surface area contributed by atoms with Crippen molar-refractivity contribution >= 4 is 0 Å². The number of methoxy groups -OCH3 is 1. The number of hydrogen-bond acceptors (Lipinski definition) is 2. The summed E-state index contributed by atoms with van der Waals surface area (Å²) in [4.78, 5) is 0. The van der Waals surface area contributed by atoms with Crippen LogP contribution in [0.15, 0.2) is 24.3 Å². The fraction of sp³-hybridized carbons (Fsp3) is 0.417. The van der Waals surface area contributed by atoms with Crippen LogP contribution in [0.25, 0.3) is 0 Å². The maximum Gasteiger partial charge on any atom is 0.119 e. The minimum absolute atomic E-state index is 0.211. The maximum atomic E-state index is 5.69. The Morgan fingerprint density at radius 3 is 2.21 bits per heavy atom. The molecule has 1 radical (unpaired) electrons. The Morgan fingerprint density at radius 2 is 1.79 bits per heavy atom. The van der Waals surface area contributed by atoms with Crippen molar-refractivity contribution in [1.29, 1.82) is 0 Å². The van der Waals surface area contributed by atoms with Crippen LogP contribution >= 0.6 is 0 Å². The molecule has 0 saturated heterocycles. The number of ether oxygens (including phenoxy) is 2. The van der Waals surface area contributed by atoms with Gasteiger partial charge in [-0.05, 0) is 44.0 Å². The summed E-state index contributed by atoms with van der Waals surface area (Å²) >= 11 is 0. The number of hydrogen-bond donors (Lipinski definition) is 0. The highest BCUT2D eigenvalue weighted by molar-refractivity contribution is 5.31. The Hall–Kier alpha value is -1.18. The molecule has 14 heavy (non-hydrogen) atoms. The van der Waals surface area contributed by atoms with Crippen molar-refractivity contribution in [3.05, 3.63) is 31.2 Å². The van der Waals surface area contributed by atoms with Crippen molar-refractivity contribution in [2.45, 2.75) is 25.9 Å². The second-order valence-corrected chi connectivity index (χ2v) is 3.11. The summed E-state index contributed by atoms with van der Waals surface area (Å²) in [6.45, 7) is 5.93. The van der Waals surface area contributed by atoms with Crippen LogP contribution in [0.2, 0.25) is 0 Å². The van der Waals surface area contributed by atoms with E-state index in [4.69, 9.17) is 9.47 Å². The fourth-order valence-corrected chi connectivity index (χ4v) is 1.19. The summed E-state index contributed by atoms with van der Waals surface area (Å²) < 4.78 is 10.8. The van der Waals surface area contributed by atoms with Crippen LogP contribution < -0.4 is 9.47 Å². The van der Waals surface area contributed by atoms with E-state index in [1.807, 2.05) is 24.3 Å². The molecule has 77 valence electrons. The monoisotopic (exact) mass is 193 g/mol. The highest BCUT2D eigenvalue weighted by atomic mass is 16.5. The first kappa shape index (κ1) is 10.9. The average molecular weight is 193 g/mol. The predicted octanol–water partition coefficient (Wildman–Crippen LogP) is 3.08. The Morgan fingerprint density at radius 1 is 1.21 bits per heavy atom. The second kappa shape index (κ2) is 5.53. The van der Waals surface area contributed by atoms with Crippen LogP contribution in [-0.4, -0.2) is 13.2 Å². The molecule has 1 unspecified atom stereocenters. The molecule has 0 spiro atoms. The Labute approximate surface area is 85.8 Å². The van der Waals surface area contributed by atoms with E-state index in [1.54, 1.807) is 7.11 Å². The van der Waals surface area contributed by atoms with Crippen LogP contribution in [0.3, 0.4) is 0 Å². The zero-order valence-corrected chi connectivity index (χ0v) is 8.82. The van der Waals surface area contributed by atoms with Crippen molar-refractivity contribution in [3.8, 4) is 11.5 Å². The van der Waals surface area contributed by atoms with Crippen molar-refractivity contribution in [2.24, 2.45) is 0 Å². The molecule has 0 amide bonds. The van der Waals surface area contributed by atoms with Gasteiger partial charge in [0.2, 0.25) is 0 Å². The second-order valence-electron chi connectivity index (χ2n) is 3.11. The highest BCUT2D eigenvalue weighted by Crippen LogP contribution is 2.19. The van der Waals surface area contributed by atoms with Gasteiger partial charge in [-0.15, -0.1) is 0 Å². The van der Waals surface area contributed by atoms with Gasteiger partial charge in [0.25, 0.3) is 0 Å². The molecule has 0 saturated carbocycles. The van der Waals surface area contributed by atoms with Crippen molar-refractivity contribution in [3.63, 3.8) is 0 Å². The lowest BCUT2D eigenvalue weighted by molar-refractivity contribution is 0.199. The molecule has 2 nitrogen and oxygen atoms in total. The molecule has 0 aliphatic rings. The number of benzene rings is 1. The molecule has 1 aromatic rings. The van der Waals surface area contributed by atoms with E-state index in [0.29, 0.717) is 0 Å². The van der Waals surface area contributed by atoms with E-state index in [9.17, 15) is 0 Å². The summed E-state index contributed by atoms with van der Waals surface area (Å²) in [5.74, 6) is 1.72. The molecule has 0 fully saturated rings. The van der Waals surface area contributed by atoms with Crippen molar-refractivity contribution in [2.75, 3.05) is 7.11 Å². The van der Waals surface area contributed by atoms with Gasteiger partial charge < -0.3 is 9.47 Å². The van der Waals surface area contributed by atoms with Gasteiger partial charge in [-0.2, -0.15) is 0 Å². The molecule has 0 aliphatic heterocycles. The Balaban J connectivity index is 2.58. The standard InChI is InChI=1S/C12H17O2/c1-4-10(5-2)14-12-8-6-11(13-3)7-9-12/h6-10H,1,4-5H2,2-3H3. The zero-order chi connectivity index (χ0) is 10.4. The lowest BCUT2D eigenvalue weighted by atomic mass is 10.2. The zero-order valence-electron chi connectivity index (χ0n) is 8.82. The minimum atomic E-state index is 0.211. The molecule has 2 heteroatoms. The van der Waals surface area contributed by atoms with Crippen LogP contribution in [0, 0.1) is 6.92 Å². The number of rotatable bonds is 5. The first-order valence-electron chi connectivity index (χ1n) is 4.90. The van der Waals surface area contributed by atoms with Gasteiger partial charge in [-0.3, -0.25) is 0 Å². The molecule has 0 bridgehead atoms. The molecule has 0 N–H and O–H groups in total. The summed E-state index contributed by atoms with van der Waals surface area (Å²) in [6, 6.07) is 7.62. The smallest absolute Gasteiger partial charge is 0.119 e. The molecule has 1 atom stereocenters. The quantitative estimate of drug-likeness (QED) is 0.715. The minimum Gasteiger partial charge on any atom is -0.497 e. The van der Waals surface area contributed by atoms with Gasteiger partial charge in [0, 0.05) is 0 Å². The first-order chi connectivity index (χ1) is 6.80. The van der Waals surface area contributed by atoms with E-state index >= 15 is 0 Å². The Bertz CT molecular complexity index is 250. The van der Waals surface area contributed by atoms with E-state index in [1.165, 1.54) is 0 Å². The topological polar surface area (TPSA) is 18.5 Å². The predicted molar refractivity (Wildman–Crippen MR) is 57.7 cm³/mol. The van der Waals surface area contributed by atoms with Crippen molar-refractivity contribution < 1.29 is 9.47 Å². The fourth-order valence-electron chi connectivity index (χ4n) is 1.19. The average Bonchev–Trinajstić information content (AvgIpc) is 2.26. The summed E-state index contributed by atoms with van der Waals surface area (Å²) in [5.41, 5.74) is 0. The third-order valence-electron chi connectivity index (χ3n) is 2.14. The SMILES string of the molecule is [CH2]CC(CC)Oc1ccc(OC)cc1. The third-order valence-corrected chi connectivity index (χ3v) is 2.14. The van der Waals surface area contributed by atoms with Gasteiger partial charge in [0.05, 0.1) is 13.2 Å². The van der Waals surface area contributed by atoms with Gasteiger partial charge in [0.1, 0.15) is 11.5 Å². The van der Waals surface area contributed by atoms with E-state index in [-0.39, 0.29) is 6.10 Å². The highest BCUT2D eigenvalue weighted by Gasteiger charge is 2.04. The largest absolute Gasteiger partial charge is 0.497 e. The van der Waals surface area contributed by atoms with E-state index < -0.39 is 0 Å². The molecule has 0 aromatic heterocycles. The molecule has 0 heterocycles. The maximum absolute atomic E-state index is 5.69. The molecular weight excluding hydrogens is 176 g/mol. The molecule has 1 rings (SSSR count). The summed E-state index contributed by atoms with van der Waals surface area (Å²) in [7, 11) is 1.65. The Kier molecular flexibility index (Phi) is 4.30. The van der Waals surface area contributed by atoms with Crippen LogP contribution in [-0.2, 0) is 0 Å². The van der Waals surface area contributed by atoms with Gasteiger partial charge in [-0.1, -0.05) is 6.92 Å². The van der Waals surface area contributed by atoms with Gasteiger partial charge >= 0.3 is 0 Å². The molecule has 1 aromatic carbocycles. The summed E-state index contributed by atoms with van der Waals surface area (Å²) in [5, 5.41) is 0. The van der Waals surface area contributed by atoms with Crippen LogP contribution in [0.5, 0.6) is 11.5 Å².